The van der Waals surface area contributed by atoms with E-state index in [9.17, 15) is 0 Å². The van der Waals surface area contributed by atoms with Gasteiger partial charge in [0.05, 0.1) is 0 Å². The number of rotatable bonds is 4. The maximum atomic E-state index is 5.57. The van der Waals surface area contributed by atoms with Gasteiger partial charge in [-0.25, -0.2) is 0 Å². The monoisotopic (exact) mass is 272 g/mol. The highest BCUT2D eigenvalue weighted by molar-refractivity contribution is 9.10. The lowest BCUT2D eigenvalue weighted by molar-refractivity contribution is 0.360. The average Bonchev–Trinajstić information content (AvgIpc) is 2.18. The summed E-state index contributed by atoms with van der Waals surface area (Å²) in [6, 6.07) is 6.01. The van der Waals surface area contributed by atoms with Crippen molar-refractivity contribution in [3.63, 3.8) is 0 Å². The van der Waals surface area contributed by atoms with Gasteiger partial charge in [-0.3, -0.25) is 0 Å². The molecule has 1 rings (SSSR count). The maximum absolute atomic E-state index is 5.57. The highest BCUT2D eigenvalue weighted by Crippen LogP contribution is 2.22. The largest absolute Gasteiger partial charge is 0.489 e. The Morgan fingerprint density at radius 2 is 2.21 bits per heavy atom. The van der Waals surface area contributed by atoms with Crippen LogP contribution in [0.1, 0.15) is 5.56 Å². The van der Waals surface area contributed by atoms with Crippen molar-refractivity contribution in [1.82, 2.24) is 0 Å². The first-order valence-electron chi connectivity index (χ1n) is 4.39. The first kappa shape index (κ1) is 11.7. The standard InChI is InChI=1S/C11H13BrOS/c1-9-4-5-10(12)8-11(9)13-6-2-3-7-14/h2-5,8,14H,6-7H2,1H3/b3-2+. The fourth-order valence-corrected chi connectivity index (χ4v) is 1.50. The zero-order valence-electron chi connectivity index (χ0n) is 8.03. The van der Waals surface area contributed by atoms with Gasteiger partial charge in [0, 0.05) is 10.2 Å². The zero-order chi connectivity index (χ0) is 10.4. The SMILES string of the molecule is Cc1ccc(Br)cc1OC/C=C/CS. The van der Waals surface area contributed by atoms with Crippen LogP contribution in [0, 0.1) is 6.92 Å². The van der Waals surface area contributed by atoms with E-state index < -0.39 is 0 Å². The molecule has 1 aromatic carbocycles. The van der Waals surface area contributed by atoms with Crippen LogP contribution in [0.2, 0.25) is 0 Å². The summed E-state index contributed by atoms with van der Waals surface area (Å²) in [5.74, 6) is 1.67. The summed E-state index contributed by atoms with van der Waals surface area (Å²) in [4.78, 5) is 0. The number of benzene rings is 1. The fraction of sp³-hybridized carbons (Fsp3) is 0.273. The minimum absolute atomic E-state index is 0.595. The topological polar surface area (TPSA) is 9.23 Å². The summed E-state index contributed by atoms with van der Waals surface area (Å²) in [6.45, 7) is 2.63. The van der Waals surface area contributed by atoms with Gasteiger partial charge in [-0.05, 0) is 24.6 Å². The number of hydrogen-bond donors (Lipinski definition) is 1. The highest BCUT2D eigenvalue weighted by atomic mass is 79.9. The molecule has 0 saturated carbocycles. The van der Waals surface area contributed by atoms with Crippen molar-refractivity contribution in [3.05, 3.63) is 40.4 Å². The van der Waals surface area contributed by atoms with Gasteiger partial charge in [-0.1, -0.05) is 34.1 Å². The first-order valence-corrected chi connectivity index (χ1v) is 5.81. The number of aryl methyl sites for hydroxylation is 1. The van der Waals surface area contributed by atoms with Crippen LogP contribution in [0.4, 0.5) is 0 Å². The predicted molar refractivity (Wildman–Crippen MR) is 67.4 cm³/mol. The van der Waals surface area contributed by atoms with Gasteiger partial charge < -0.3 is 4.74 Å². The highest BCUT2D eigenvalue weighted by Gasteiger charge is 1.98. The molecule has 1 aromatic rings. The Labute approximate surface area is 98.7 Å². The molecule has 1 nitrogen and oxygen atoms in total. The molecule has 0 aliphatic rings. The molecule has 0 amide bonds. The number of ether oxygens (including phenoxy) is 1. The van der Waals surface area contributed by atoms with E-state index in [0.29, 0.717) is 6.61 Å². The normalized spacial score (nSPS) is 10.8. The van der Waals surface area contributed by atoms with Gasteiger partial charge in [0.2, 0.25) is 0 Å². The lowest BCUT2D eigenvalue weighted by atomic mass is 10.2. The molecule has 0 bridgehead atoms. The molecule has 0 unspecified atom stereocenters. The van der Waals surface area contributed by atoms with E-state index in [1.54, 1.807) is 0 Å². The van der Waals surface area contributed by atoms with Gasteiger partial charge in [0.25, 0.3) is 0 Å². The van der Waals surface area contributed by atoms with Gasteiger partial charge in [-0.2, -0.15) is 12.6 Å². The summed E-state index contributed by atoms with van der Waals surface area (Å²) < 4.78 is 6.61. The molecule has 14 heavy (non-hydrogen) atoms. The van der Waals surface area contributed by atoms with Crippen molar-refractivity contribution in [2.75, 3.05) is 12.4 Å². The van der Waals surface area contributed by atoms with Crippen LogP contribution in [-0.4, -0.2) is 12.4 Å². The molecular weight excluding hydrogens is 260 g/mol. The quantitative estimate of drug-likeness (QED) is 0.651. The minimum atomic E-state index is 0.595. The molecule has 0 radical (unpaired) electrons. The molecule has 0 N–H and O–H groups in total. The van der Waals surface area contributed by atoms with Crippen molar-refractivity contribution in [1.29, 1.82) is 0 Å². The third-order valence-corrected chi connectivity index (χ3v) is 2.46. The number of hydrogen-bond acceptors (Lipinski definition) is 2. The van der Waals surface area contributed by atoms with Crippen molar-refractivity contribution in [3.8, 4) is 5.75 Å². The van der Waals surface area contributed by atoms with Gasteiger partial charge in [0.1, 0.15) is 12.4 Å². The molecular formula is C11H13BrOS. The molecule has 0 fully saturated rings. The van der Waals surface area contributed by atoms with Crippen molar-refractivity contribution < 1.29 is 4.74 Å². The van der Waals surface area contributed by atoms with E-state index in [-0.39, 0.29) is 0 Å². The lowest BCUT2D eigenvalue weighted by Gasteiger charge is -2.06. The number of halogens is 1. The van der Waals surface area contributed by atoms with Crippen LogP contribution in [0.25, 0.3) is 0 Å². The van der Waals surface area contributed by atoms with Crippen LogP contribution in [0.5, 0.6) is 5.75 Å². The molecule has 0 saturated heterocycles. The Morgan fingerprint density at radius 3 is 2.93 bits per heavy atom. The van der Waals surface area contributed by atoms with Crippen LogP contribution < -0.4 is 4.74 Å². The second-order valence-electron chi connectivity index (χ2n) is 2.87. The average molecular weight is 273 g/mol. The minimum Gasteiger partial charge on any atom is -0.489 e. The Morgan fingerprint density at radius 1 is 1.43 bits per heavy atom. The molecule has 0 aromatic heterocycles. The second kappa shape index (κ2) is 6.14. The molecule has 0 heterocycles. The van der Waals surface area contributed by atoms with Gasteiger partial charge >= 0.3 is 0 Å². The summed E-state index contributed by atoms with van der Waals surface area (Å²) >= 11 is 7.48. The zero-order valence-corrected chi connectivity index (χ0v) is 10.5. The summed E-state index contributed by atoms with van der Waals surface area (Å²) in [6.07, 6.45) is 3.93. The van der Waals surface area contributed by atoms with E-state index in [4.69, 9.17) is 4.74 Å². The summed E-state index contributed by atoms with van der Waals surface area (Å²) in [5, 5.41) is 0. The summed E-state index contributed by atoms with van der Waals surface area (Å²) in [5.41, 5.74) is 1.15. The van der Waals surface area contributed by atoms with Gasteiger partial charge in [-0.15, -0.1) is 0 Å². The Bertz CT molecular complexity index is 323. The first-order chi connectivity index (χ1) is 6.74. The second-order valence-corrected chi connectivity index (χ2v) is 4.16. The van der Waals surface area contributed by atoms with E-state index in [1.165, 1.54) is 0 Å². The van der Waals surface area contributed by atoms with E-state index >= 15 is 0 Å². The van der Waals surface area contributed by atoms with Gasteiger partial charge in [0.15, 0.2) is 0 Å². The van der Waals surface area contributed by atoms with E-state index in [2.05, 4.69) is 28.6 Å². The smallest absolute Gasteiger partial charge is 0.123 e. The molecule has 0 aliphatic heterocycles. The third-order valence-electron chi connectivity index (χ3n) is 1.76. The van der Waals surface area contributed by atoms with E-state index in [0.717, 1.165) is 21.5 Å². The van der Waals surface area contributed by atoms with Crippen molar-refractivity contribution in [2.24, 2.45) is 0 Å². The van der Waals surface area contributed by atoms with Crippen molar-refractivity contribution >= 4 is 28.6 Å². The van der Waals surface area contributed by atoms with Crippen LogP contribution in [0.3, 0.4) is 0 Å². The molecule has 76 valence electrons. The molecule has 0 atom stereocenters. The maximum Gasteiger partial charge on any atom is 0.123 e. The number of thiol groups is 1. The Kier molecular flexibility index (Phi) is 5.12. The van der Waals surface area contributed by atoms with Crippen LogP contribution in [0.15, 0.2) is 34.8 Å². The van der Waals surface area contributed by atoms with E-state index in [1.807, 2.05) is 37.3 Å². The molecule has 0 aliphatic carbocycles. The van der Waals surface area contributed by atoms with Crippen LogP contribution >= 0.6 is 28.6 Å². The molecule has 0 spiro atoms. The Hall–Kier alpha value is -0.410. The fourth-order valence-electron chi connectivity index (χ4n) is 1.01. The molecule has 3 heteroatoms. The summed E-state index contributed by atoms with van der Waals surface area (Å²) in [7, 11) is 0. The lowest BCUT2D eigenvalue weighted by Crippen LogP contribution is -1.95. The predicted octanol–water partition coefficient (Wildman–Crippen LogP) is 3.62. The Balaban J connectivity index is 2.57. The van der Waals surface area contributed by atoms with Crippen LogP contribution in [-0.2, 0) is 0 Å². The third kappa shape index (κ3) is 3.76. The van der Waals surface area contributed by atoms with Crippen molar-refractivity contribution in [2.45, 2.75) is 6.92 Å².